The van der Waals surface area contributed by atoms with Crippen LogP contribution in [0.5, 0.6) is 11.5 Å². The Morgan fingerprint density at radius 2 is 1.49 bits per heavy atom. The number of amides is 1. The smallest absolute Gasteiger partial charge is 0.416 e. The van der Waals surface area contributed by atoms with Crippen LogP contribution in [0.3, 0.4) is 0 Å². The molecule has 0 bridgehead atoms. The van der Waals surface area contributed by atoms with Gasteiger partial charge in [-0.1, -0.05) is 72.3 Å². The Morgan fingerprint density at radius 3 is 2.16 bits per heavy atom. The second kappa shape index (κ2) is 13.6. The Morgan fingerprint density at radius 1 is 0.822 bits per heavy atom. The number of carboxylic acids is 1. The molecule has 0 unspecified atom stereocenters. The molecule has 0 aliphatic carbocycles. The van der Waals surface area contributed by atoms with Gasteiger partial charge in [-0.2, -0.15) is 13.2 Å². The van der Waals surface area contributed by atoms with E-state index in [0.29, 0.717) is 22.7 Å². The van der Waals surface area contributed by atoms with E-state index in [9.17, 15) is 27.9 Å². The highest BCUT2D eigenvalue weighted by Crippen LogP contribution is 2.34. The molecule has 0 aliphatic heterocycles. The maximum absolute atomic E-state index is 13.3. The van der Waals surface area contributed by atoms with Gasteiger partial charge in [-0.25, -0.2) is 4.79 Å². The molecule has 0 fully saturated rings. The number of rotatable bonds is 10. The van der Waals surface area contributed by atoms with Crippen LogP contribution in [0.1, 0.15) is 21.5 Å². The topological polar surface area (TPSA) is 87.7 Å². The van der Waals surface area contributed by atoms with Crippen molar-refractivity contribution in [2.45, 2.75) is 18.6 Å². The minimum absolute atomic E-state index is 0.00819. The monoisotopic (exact) mass is 630 g/mol. The average molecular weight is 631 g/mol. The fourth-order valence-electron chi connectivity index (χ4n) is 4.61. The van der Waals surface area contributed by atoms with Crippen molar-refractivity contribution in [3.63, 3.8) is 0 Å². The fraction of sp³-hybridized carbons (Fsp3) is 0.0857. The van der Waals surface area contributed by atoms with Crippen molar-refractivity contribution in [3.8, 4) is 22.6 Å². The number of ether oxygens (including phenoxy) is 1. The van der Waals surface area contributed by atoms with E-state index in [4.69, 9.17) is 16.3 Å². The lowest BCUT2D eigenvalue weighted by Crippen LogP contribution is -2.42. The Hall–Kier alpha value is -5.28. The van der Waals surface area contributed by atoms with Crippen LogP contribution in [0.2, 0.25) is 5.02 Å². The van der Waals surface area contributed by atoms with Crippen LogP contribution in [-0.4, -0.2) is 23.0 Å². The lowest BCUT2D eigenvalue weighted by molar-refractivity contribution is -0.139. The van der Waals surface area contributed by atoms with E-state index >= 15 is 0 Å². The summed E-state index contributed by atoms with van der Waals surface area (Å²) in [4.78, 5) is 25.5. The number of hydrogen-bond acceptors (Lipinski definition) is 4. The standard InChI is InChI=1S/C35H26ClF3N2O4/c36-25-16-19-30(40-26-17-14-24(15-18-26)35(37,38)39)29(21-25)33(42)41-31(34(43)44)20-22-10-12-23(13-11-22)28-8-4-5-9-32(28)45-27-6-2-1-3-7-27/h1-19,21,31,40H,20H2,(H,41,42)(H,43,44)/t31-/m0/s1. The summed E-state index contributed by atoms with van der Waals surface area (Å²) in [6, 6.07) is 31.6. The number of benzene rings is 5. The molecule has 0 saturated heterocycles. The second-order valence-corrected chi connectivity index (χ2v) is 10.5. The van der Waals surface area contributed by atoms with Crippen LogP contribution in [0, 0.1) is 0 Å². The molecule has 0 saturated carbocycles. The van der Waals surface area contributed by atoms with Gasteiger partial charge in [-0.05, 0) is 71.8 Å². The molecule has 3 N–H and O–H groups in total. The number of nitrogens with one attached hydrogen (secondary N) is 2. The van der Waals surface area contributed by atoms with Gasteiger partial charge in [0.25, 0.3) is 5.91 Å². The summed E-state index contributed by atoms with van der Waals surface area (Å²) >= 11 is 6.13. The third-order valence-electron chi connectivity index (χ3n) is 6.88. The van der Waals surface area contributed by atoms with Crippen molar-refractivity contribution in [2.75, 3.05) is 5.32 Å². The van der Waals surface area contributed by atoms with Gasteiger partial charge in [0.05, 0.1) is 16.8 Å². The number of anilines is 2. The maximum Gasteiger partial charge on any atom is 0.416 e. The van der Waals surface area contributed by atoms with Crippen LogP contribution in [0.4, 0.5) is 24.5 Å². The predicted octanol–water partition coefficient (Wildman–Crippen LogP) is 8.99. The number of para-hydroxylation sites is 2. The molecular formula is C35H26ClF3N2O4. The number of halogens is 4. The van der Waals surface area contributed by atoms with Gasteiger partial charge in [-0.15, -0.1) is 0 Å². The van der Waals surface area contributed by atoms with Crippen LogP contribution in [0.25, 0.3) is 11.1 Å². The normalized spacial score (nSPS) is 11.8. The third kappa shape index (κ3) is 8.01. The largest absolute Gasteiger partial charge is 0.480 e. The molecule has 1 amide bonds. The zero-order chi connectivity index (χ0) is 32.0. The summed E-state index contributed by atoms with van der Waals surface area (Å²) < 4.78 is 44.9. The first-order valence-electron chi connectivity index (χ1n) is 13.8. The van der Waals surface area contributed by atoms with Gasteiger partial charge in [0, 0.05) is 22.7 Å². The molecule has 10 heteroatoms. The van der Waals surface area contributed by atoms with Gasteiger partial charge in [-0.3, -0.25) is 4.79 Å². The molecule has 5 aromatic carbocycles. The molecular weight excluding hydrogens is 605 g/mol. The van der Waals surface area contributed by atoms with E-state index in [1.54, 1.807) is 12.1 Å². The number of carbonyl (C=O) groups excluding carboxylic acids is 1. The molecule has 5 rings (SSSR count). The lowest BCUT2D eigenvalue weighted by atomic mass is 9.99. The van der Waals surface area contributed by atoms with Crippen LogP contribution >= 0.6 is 11.6 Å². The van der Waals surface area contributed by atoms with Crippen molar-refractivity contribution in [2.24, 2.45) is 0 Å². The molecule has 0 radical (unpaired) electrons. The highest BCUT2D eigenvalue weighted by atomic mass is 35.5. The maximum atomic E-state index is 13.3. The number of aliphatic carboxylic acids is 1. The van der Waals surface area contributed by atoms with Gasteiger partial charge in [0.2, 0.25) is 0 Å². The van der Waals surface area contributed by atoms with Crippen LogP contribution in [0.15, 0.2) is 121 Å². The first-order valence-corrected chi connectivity index (χ1v) is 14.1. The summed E-state index contributed by atoms with van der Waals surface area (Å²) in [7, 11) is 0. The predicted molar refractivity (Wildman–Crippen MR) is 167 cm³/mol. The zero-order valence-electron chi connectivity index (χ0n) is 23.5. The van der Waals surface area contributed by atoms with Crippen molar-refractivity contribution >= 4 is 34.9 Å². The molecule has 5 aromatic rings. The average Bonchev–Trinajstić information content (AvgIpc) is 3.02. The Labute approximate surface area is 262 Å². The molecule has 1 atom stereocenters. The molecule has 228 valence electrons. The summed E-state index contributed by atoms with van der Waals surface area (Å²) in [5.41, 5.74) is 2.13. The highest BCUT2D eigenvalue weighted by Gasteiger charge is 2.30. The van der Waals surface area contributed by atoms with Crippen molar-refractivity contribution in [1.29, 1.82) is 0 Å². The lowest BCUT2D eigenvalue weighted by Gasteiger charge is -2.18. The number of carboxylic acid groups (broad SMARTS) is 1. The fourth-order valence-corrected chi connectivity index (χ4v) is 4.79. The minimum Gasteiger partial charge on any atom is -0.480 e. The Balaban J connectivity index is 1.30. The molecule has 6 nitrogen and oxygen atoms in total. The van der Waals surface area contributed by atoms with Crippen molar-refractivity contribution in [3.05, 3.63) is 143 Å². The Kier molecular flexibility index (Phi) is 9.39. The van der Waals surface area contributed by atoms with E-state index in [1.807, 2.05) is 66.7 Å². The number of alkyl halides is 3. The van der Waals surface area contributed by atoms with Gasteiger partial charge in [0.15, 0.2) is 0 Å². The van der Waals surface area contributed by atoms with Crippen molar-refractivity contribution in [1.82, 2.24) is 5.32 Å². The Bertz CT molecular complexity index is 1800. The highest BCUT2D eigenvalue weighted by molar-refractivity contribution is 6.31. The van der Waals surface area contributed by atoms with Gasteiger partial charge >= 0.3 is 12.1 Å². The molecule has 0 heterocycles. The van der Waals surface area contributed by atoms with Gasteiger partial charge < -0.3 is 20.5 Å². The molecule has 0 aliphatic rings. The summed E-state index contributed by atoms with van der Waals surface area (Å²) in [5, 5.41) is 15.6. The zero-order valence-corrected chi connectivity index (χ0v) is 24.3. The van der Waals surface area contributed by atoms with Crippen molar-refractivity contribution < 1.29 is 32.6 Å². The quantitative estimate of drug-likeness (QED) is 0.143. The molecule has 0 aromatic heterocycles. The summed E-state index contributed by atoms with van der Waals surface area (Å²) in [6.45, 7) is 0. The van der Waals surface area contributed by atoms with Crippen LogP contribution < -0.4 is 15.4 Å². The van der Waals surface area contributed by atoms with E-state index in [-0.39, 0.29) is 22.7 Å². The molecule has 0 spiro atoms. The second-order valence-electron chi connectivity index (χ2n) is 10.1. The number of hydrogen-bond donors (Lipinski definition) is 3. The van der Waals surface area contributed by atoms with E-state index in [1.165, 1.54) is 30.3 Å². The number of carbonyl (C=O) groups is 2. The third-order valence-corrected chi connectivity index (χ3v) is 7.12. The van der Waals surface area contributed by atoms with E-state index < -0.39 is 29.7 Å². The minimum atomic E-state index is -4.49. The SMILES string of the molecule is O=C(N[C@@H](Cc1ccc(-c2ccccc2Oc2ccccc2)cc1)C(=O)O)c1cc(Cl)ccc1Nc1ccc(C(F)(F)F)cc1. The van der Waals surface area contributed by atoms with Gasteiger partial charge in [0.1, 0.15) is 17.5 Å². The van der Waals surface area contributed by atoms with E-state index in [2.05, 4.69) is 10.6 Å². The summed E-state index contributed by atoms with van der Waals surface area (Å²) in [5.74, 6) is -0.607. The molecule has 45 heavy (non-hydrogen) atoms. The van der Waals surface area contributed by atoms with Crippen LogP contribution in [-0.2, 0) is 17.4 Å². The summed E-state index contributed by atoms with van der Waals surface area (Å²) in [6.07, 6.45) is -4.50. The van der Waals surface area contributed by atoms with E-state index in [0.717, 1.165) is 23.3 Å². The first-order chi connectivity index (χ1) is 21.6. The first kappa shape index (κ1) is 31.2.